The first kappa shape index (κ1) is 26.9. The highest BCUT2D eigenvalue weighted by Crippen LogP contribution is 2.20. The summed E-state index contributed by atoms with van der Waals surface area (Å²) in [4.78, 5) is 22.5. The summed E-state index contributed by atoms with van der Waals surface area (Å²) in [7, 11) is 0. The van der Waals surface area contributed by atoms with Gasteiger partial charge in [-0.3, -0.25) is 4.79 Å². The number of rotatable bonds is 16. The molecule has 34 heavy (non-hydrogen) atoms. The molecule has 0 saturated carbocycles. The van der Waals surface area contributed by atoms with Gasteiger partial charge in [-0.25, -0.2) is 4.79 Å². The van der Waals surface area contributed by atoms with Crippen molar-refractivity contribution in [2.24, 2.45) is 0 Å². The number of carboxylic acid groups (broad SMARTS) is 1. The second-order valence-corrected chi connectivity index (χ2v) is 8.26. The number of hydrogen-bond acceptors (Lipinski definition) is 4. The first-order valence-electron chi connectivity index (χ1n) is 12.1. The van der Waals surface area contributed by atoms with Crippen molar-refractivity contribution in [1.82, 2.24) is 0 Å². The molecule has 2 aromatic rings. The minimum Gasteiger partial charge on any atom is -0.508 e. The Balaban J connectivity index is 1.49. The summed E-state index contributed by atoms with van der Waals surface area (Å²) < 4.78 is 5.31. The van der Waals surface area contributed by atoms with E-state index in [2.05, 4.69) is 42.5 Å². The molecule has 2 N–H and O–H groups in total. The molecule has 2 rings (SSSR count). The topological polar surface area (TPSA) is 87.7 Å². The molecular formula is C29H36O5. The number of aliphatic carboxylic acids is 1. The number of hydrogen-bond donors (Lipinski definition) is 2. The lowest BCUT2D eigenvalue weighted by Gasteiger charge is -2.03. The maximum Gasteiger partial charge on any atom is 0.339 e. The highest BCUT2D eigenvalue weighted by Gasteiger charge is 2.06. The fraction of sp³-hybridized carbons (Fsp3) is 0.379. The Morgan fingerprint density at radius 1 is 0.794 bits per heavy atom. The molecule has 0 aliphatic heterocycles. The van der Waals surface area contributed by atoms with Gasteiger partial charge >= 0.3 is 11.6 Å². The number of benzene rings is 1. The van der Waals surface area contributed by atoms with E-state index < -0.39 is 5.97 Å². The number of unbranched alkanes of at least 4 members (excludes halogenated alkanes) is 4. The van der Waals surface area contributed by atoms with E-state index >= 15 is 0 Å². The van der Waals surface area contributed by atoms with Crippen LogP contribution < -0.4 is 5.63 Å². The second kappa shape index (κ2) is 16.3. The first-order valence-corrected chi connectivity index (χ1v) is 12.1. The molecule has 0 spiro atoms. The Hall–Kier alpha value is -3.34. The Labute approximate surface area is 201 Å². The fourth-order valence-electron chi connectivity index (χ4n) is 3.49. The van der Waals surface area contributed by atoms with Crippen molar-refractivity contribution in [2.75, 3.05) is 0 Å². The van der Waals surface area contributed by atoms with E-state index in [-0.39, 0.29) is 17.8 Å². The molecule has 1 heterocycles. The van der Waals surface area contributed by atoms with Gasteiger partial charge in [0.15, 0.2) is 0 Å². The Morgan fingerprint density at radius 3 is 2.06 bits per heavy atom. The van der Waals surface area contributed by atoms with E-state index in [0.717, 1.165) is 56.8 Å². The van der Waals surface area contributed by atoms with Gasteiger partial charge in [-0.15, -0.1) is 0 Å². The summed E-state index contributed by atoms with van der Waals surface area (Å²) in [6, 6.07) is 6.69. The number of fused-ring (bicyclic) bond motifs is 1. The highest BCUT2D eigenvalue weighted by atomic mass is 16.4. The van der Waals surface area contributed by atoms with Gasteiger partial charge in [-0.1, -0.05) is 55.0 Å². The summed E-state index contributed by atoms with van der Waals surface area (Å²) in [6.45, 7) is 0. The predicted molar refractivity (Wildman–Crippen MR) is 138 cm³/mol. The number of carboxylic acids is 1. The third-order valence-electron chi connectivity index (χ3n) is 5.35. The van der Waals surface area contributed by atoms with Gasteiger partial charge in [-0.2, -0.15) is 0 Å². The van der Waals surface area contributed by atoms with Crippen LogP contribution in [-0.2, 0) is 11.2 Å². The highest BCUT2D eigenvalue weighted by molar-refractivity contribution is 5.78. The zero-order valence-corrected chi connectivity index (χ0v) is 19.8. The van der Waals surface area contributed by atoms with Gasteiger partial charge in [0, 0.05) is 23.4 Å². The van der Waals surface area contributed by atoms with Crippen molar-refractivity contribution in [3.8, 4) is 5.75 Å². The minimum absolute atomic E-state index is 0.0937. The van der Waals surface area contributed by atoms with Crippen LogP contribution >= 0.6 is 0 Å². The van der Waals surface area contributed by atoms with Crippen LogP contribution in [0.15, 0.2) is 82.1 Å². The zero-order valence-electron chi connectivity index (χ0n) is 19.8. The number of phenolic OH excluding ortho intramolecular Hbond substituents is 1. The molecule has 1 aromatic carbocycles. The molecule has 1 aromatic heterocycles. The van der Waals surface area contributed by atoms with Gasteiger partial charge < -0.3 is 14.6 Å². The molecular weight excluding hydrogens is 428 g/mol. The summed E-state index contributed by atoms with van der Waals surface area (Å²) in [5.74, 6) is -0.639. The molecule has 5 nitrogen and oxygen atoms in total. The number of phenols is 1. The fourth-order valence-corrected chi connectivity index (χ4v) is 3.49. The third-order valence-corrected chi connectivity index (χ3v) is 5.35. The number of allylic oxidation sites excluding steroid dienone is 8. The molecule has 0 bridgehead atoms. The van der Waals surface area contributed by atoms with Crippen LogP contribution in [0.25, 0.3) is 11.0 Å². The molecule has 0 saturated heterocycles. The van der Waals surface area contributed by atoms with Crippen LogP contribution in [0.1, 0.15) is 69.8 Å². The van der Waals surface area contributed by atoms with Crippen LogP contribution in [-0.4, -0.2) is 16.2 Å². The van der Waals surface area contributed by atoms with Gasteiger partial charge in [0.25, 0.3) is 0 Å². The van der Waals surface area contributed by atoms with Gasteiger partial charge in [0.2, 0.25) is 0 Å². The Kier molecular flexibility index (Phi) is 12.9. The van der Waals surface area contributed by atoms with Gasteiger partial charge in [0.05, 0.1) is 0 Å². The van der Waals surface area contributed by atoms with Crippen LogP contribution in [0.5, 0.6) is 5.75 Å². The minimum atomic E-state index is -0.733. The lowest BCUT2D eigenvalue weighted by Crippen LogP contribution is -2.06. The molecule has 182 valence electrons. The Bertz CT molecular complexity index is 1060. The number of aryl methyl sites for hydroxylation is 1. The van der Waals surface area contributed by atoms with Crippen molar-refractivity contribution in [1.29, 1.82) is 0 Å². The maximum atomic E-state index is 12.1. The van der Waals surface area contributed by atoms with Crippen molar-refractivity contribution in [3.05, 3.63) is 88.9 Å². The number of aromatic hydroxyl groups is 1. The van der Waals surface area contributed by atoms with E-state index in [0.29, 0.717) is 24.0 Å². The van der Waals surface area contributed by atoms with E-state index in [1.54, 1.807) is 12.1 Å². The molecule has 0 fully saturated rings. The monoisotopic (exact) mass is 464 g/mol. The molecule has 0 aliphatic rings. The standard InChI is InChI=1S/C29H36O5/c30-26-21-20-24-22-25(29(33)34-27(24)23-26)18-16-14-12-10-8-6-4-2-1-3-5-7-9-11-13-15-17-19-28(31)32/h1-2,5-8,11,13,20-23,30H,3-4,9-10,12,14-19H2,(H,31,32). The van der Waals surface area contributed by atoms with Crippen molar-refractivity contribution in [2.45, 2.75) is 70.6 Å². The van der Waals surface area contributed by atoms with Gasteiger partial charge in [0.1, 0.15) is 11.3 Å². The largest absolute Gasteiger partial charge is 0.508 e. The zero-order chi connectivity index (χ0) is 24.4. The summed E-state index contributed by atoms with van der Waals surface area (Å²) in [5.41, 5.74) is 0.798. The van der Waals surface area contributed by atoms with E-state index in [4.69, 9.17) is 9.52 Å². The molecule has 0 amide bonds. The lowest BCUT2D eigenvalue weighted by atomic mass is 10.1. The predicted octanol–water partition coefficient (Wildman–Crippen LogP) is 7.25. The summed E-state index contributed by atoms with van der Waals surface area (Å²) >= 11 is 0. The smallest absolute Gasteiger partial charge is 0.339 e. The van der Waals surface area contributed by atoms with Crippen molar-refractivity contribution < 1.29 is 19.4 Å². The molecule has 5 heteroatoms. The SMILES string of the molecule is O=C(O)CCCC=CCC=CCC=CCC=CCCCCCc1cc2ccc(O)cc2oc1=O. The van der Waals surface area contributed by atoms with Crippen molar-refractivity contribution in [3.63, 3.8) is 0 Å². The van der Waals surface area contributed by atoms with E-state index in [9.17, 15) is 14.7 Å². The average Bonchev–Trinajstić information content (AvgIpc) is 2.80. The van der Waals surface area contributed by atoms with Gasteiger partial charge in [-0.05, 0) is 76.0 Å². The van der Waals surface area contributed by atoms with Crippen molar-refractivity contribution >= 4 is 16.9 Å². The van der Waals surface area contributed by atoms with Crippen LogP contribution in [0.4, 0.5) is 0 Å². The molecule has 0 unspecified atom stereocenters. The third kappa shape index (κ3) is 11.5. The maximum absolute atomic E-state index is 12.1. The van der Waals surface area contributed by atoms with Crippen LogP contribution in [0, 0.1) is 0 Å². The average molecular weight is 465 g/mol. The van der Waals surface area contributed by atoms with E-state index in [1.807, 2.05) is 12.1 Å². The first-order chi connectivity index (χ1) is 16.6. The Morgan fingerprint density at radius 2 is 1.41 bits per heavy atom. The second-order valence-electron chi connectivity index (χ2n) is 8.26. The lowest BCUT2D eigenvalue weighted by molar-refractivity contribution is -0.137. The summed E-state index contributed by atoms with van der Waals surface area (Å²) in [6.07, 6.45) is 26.5. The summed E-state index contributed by atoms with van der Waals surface area (Å²) in [5, 5.41) is 18.9. The van der Waals surface area contributed by atoms with Crippen LogP contribution in [0.2, 0.25) is 0 Å². The van der Waals surface area contributed by atoms with E-state index in [1.165, 1.54) is 6.07 Å². The quantitative estimate of drug-likeness (QED) is 0.155. The molecule has 0 atom stereocenters. The molecule has 0 radical (unpaired) electrons. The van der Waals surface area contributed by atoms with Crippen LogP contribution in [0.3, 0.4) is 0 Å². The normalized spacial score (nSPS) is 12.2. The number of carbonyl (C=O) groups is 1. The molecule has 0 aliphatic carbocycles.